The van der Waals surface area contributed by atoms with Crippen molar-refractivity contribution in [3.8, 4) is 5.69 Å². The highest BCUT2D eigenvalue weighted by Gasteiger charge is 2.17. The van der Waals surface area contributed by atoms with Gasteiger partial charge >= 0.3 is 5.69 Å². The lowest BCUT2D eigenvalue weighted by atomic mass is 10.2. The molecule has 9 heteroatoms. The number of aryl methyl sites for hydroxylation is 1. The number of amides is 1. The smallest absolute Gasteiger partial charge is 0.322 e. The lowest BCUT2D eigenvalue weighted by Gasteiger charge is -2.09. The van der Waals surface area contributed by atoms with E-state index in [1.807, 2.05) is 0 Å². The van der Waals surface area contributed by atoms with Gasteiger partial charge in [-0.3, -0.25) is 9.59 Å². The van der Waals surface area contributed by atoms with E-state index in [1.54, 1.807) is 6.92 Å². The Hall–Kier alpha value is -3.26. The molecule has 3 aromatic rings. The van der Waals surface area contributed by atoms with Crippen LogP contribution in [0, 0.1) is 18.6 Å². The summed E-state index contributed by atoms with van der Waals surface area (Å²) in [6, 6.07) is 7.30. The highest BCUT2D eigenvalue weighted by Crippen LogP contribution is 2.17. The number of nitrogens with one attached hydrogen (secondary N) is 2. The Morgan fingerprint density at radius 3 is 2.52 bits per heavy atom. The van der Waals surface area contributed by atoms with Gasteiger partial charge < -0.3 is 10.3 Å². The molecule has 3 rings (SSSR count). The largest absolute Gasteiger partial charge is 0.333 e. The second-order valence-corrected chi connectivity index (χ2v) is 6.07. The highest BCUT2D eigenvalue weighted by atomic mass is 35.5. The van der Waals surface area contributed by atoms with Crippen molar-refractivity contribution in [3.63, 3.8) is 0 Å². The molecule has 27 heavy (non-hydrogen) atoms. The number of halogens is 3. The van der Waals surface area contributed by atoms with Crippen LogP contribution in [0.5, 0.6) is 0 Å². The predicted molar refractivity (Wildman–Crippen MR) is 96.7 cm³/mol. The van der Waals surface area contributed by atoms with Gasteiger partial charge in [-0.25, -0.2) is 18.1 Å². The number of aromatic amines is 1. The zero-order chi connectivity index (χ0) is 19.7. The Kier molecular flexibility index (Phi) is 4.91. The van der Waals surface area contributed by atoms with Crippen molar-refractivity contribution >= 4 is 23.2 Å². The number of nitrogens with zero attached hydrogens (tertiary/aromatic N) is 1. The fourth-order valence-electron chi connectivity index (χ4n) is 2.36. The molecular formula is C18H12ClF2N3O3. The molecule has 1 aromatic heterocycles. The van der Waals surface area contributed by atoms with E-state index in [0.29, 0.717) is 10.1 Å². The molecule has 1 amide bonds. The first-order chi connectivity index (χ1) is 12.8. The summed E-state index contributed by atoms with van der Waals surface area (Å²) in [5, 5.41) is 2.10. The summed E-state index contributed by atoms with van der Waals surface area (Å²) in [7, 11) is 0. The average Bonchev–Trinajstić information content (AvgIpc) is 2.61. The van der Waals surface area contributed by atoms with Crippen molar-refractivity contribution in [1.82, 2.24) is 9.55 Å². The zero-order valence-corrected chi connectivity index (χ0v) is 14.6. The summed E-state index contributed by atoms with van der Waals surface area (Å²) >= 11 is 5.69. The van der Waals surface area contributed by atoms with Gasteiger partial charge in [0.15, 0.2) is 0 Å². The molecule has 0 aliphatic heterocycles. The summed E-state index contributed by atoms with van der Waals surface area (Å²) in [6.45, 7) is 1.56. The molecule has 0 atom stereocenters. The molecular weight excluding hydrogens is 380 g/mol. The Morgan fingerprint density at radius 1 is 1.11 bits per heavy atom. The number of rotatable bonds is 3. The van der Waals surface area contributed by atoms with Gasteiger partial charge in [-0.05, 0) is 42.8 Å². The van der Waals surface area contributed by atoms with Crippen LogP contribution in [0.3, 0.4) is 0 Å². The number of H-pyrrole nitrogens is 1. The number of carbonyl (C=O) groups excluding carboxylic acids is 1. The summed E-state index contributed by atoms with van der Waals surface area (Å²) in [6.07, 6.45) is 0.951. The Bertz CT molecular complexity index is 1170. The first-order valence-electron chi connectivity index (χ1n) is 7.65. The molecule has 1 heterocycles. The van der Waals surface area contributed by atoms with Crippen LogP contribution in [0.4, 0.5) is 14.5 Å². The Labute approximate surface area is 156 Å². The molecule has 0 spiro atoms. The maximum absolute atomic E-state index is 13.6. The molecule has 0 unspecified atom stereocenters. The van der Waals surface area contributed by atoms with Crippen LogP contribution in [0.2, 0.25) is 5.02 Å². The third-order valence-corrected chi connectivity index (χ3v) is 4.10. The quantitative estimate of drug-likeness (QED) is 0.719. The van der Waals surface area contributed by atoms with E-state index in [9.17, 15) is 23.2 Å². The number of benzene rings is 2. The van der Waals surface area contributed by atoms with Gasteiger partial charge in [0.25, 0.3) is 11.5 Å². The summed E-state index contributed by atoms with van der Waals surface area (Å²) in [5.41, 5.74) is -1.63. The van der Waals surface area contributed by atoms with Gasteiger partial charge in [0.2, 0.25) is 0 Å². The van der Waals surface area contributed by atoms with Gasteiger partial charge in [-0.1, -0.05) is 17.7 Å². The molecule has 0 aliphatic rings. The average molecular weight is 392 g/mol. The van der Waals surface area contributed by atoms with E-state index in [0.717, 1.165) is 24.4 Å². The SMILES string of the molecule is Cc1ccc(NC(=O)c2c[nH]c(=O)n(-c3ccc(F)c(Cl)c3)c2=O)cc1F. The molecule has 0 bridgehead atoms. The fourth-order valence-corrected chi connectivity index (χ4v) is 2.54. The van der Waals surface area contributed by atoms with Gasteiger partial charge in [0, 0.05) is 11.9 Å². The number of hydrogen-bond acceptors (Lipinski definition) is 3. The third-order valence-electron chi connectivity index (χ3n) is 3.81. The van der Waals surface area contributed by atoms with E-state index < -0.39 is 34.4 Å². The molecule has 0 saturated carbocycles. The summed E-state index contributed by atoms with van der Waals surface area (Å²) in [5.74, 6) is -2.09. The van der Waals surface area contributed by atoms with Crippen LogP contribution in [0.1, 0.15) is 15.9 Å². The van der Waals surface area contributed by atoms with Crippen LogP contribution in [0.25, 0.3) is 5.69 Å². The van der Waals surface area contributed by atoms with Crippen molar-refractivity contribution in [2.45, 2.75) is 6.92 Å². The van der Waals surface area contributed by atoms with Crippen LogP contribution in [-0.4, -0.2) is 15.5 Å². The fraction of sp³-hybridized carbons (Fsp3) is 0.0556. The van der Waals surface area contributed by atoms with Crippen molar-refractivity contribution < 1.29 is 13.6 Å². The number of hydrogen-bond donors (Lipinski definition) is 2. The van der Waals surface area contributed by atoms with E-state index >= 15 is 0 Å². The summed E-state index contributed by atoms with van der Waals surface area (Å²) in [4.78, 5) is 39.3. The predicted octanol–water partition coefficient (Wildman–Crippen LogP) is 3.02. The molecule has 138 valence electrons. The van der Waals surface area contributed by atoms with Crippen LogP contribution < -0.4 is 16.6 Å². The van der Waals surface area contributed by atoms with Gasteiger partial charge in [-0.15, -0.1) is 0 Å². The minimum Gasteiger partial charge on any atom is -0.322 e. The normalized spacial score (nSPS) is 10.7. The van der Waals surface area contributed by atoms with E-state index in [1.165, 1.54) is 18.2 Å². The molecule has 0 fully saturated rings. The van der Waals surface area contributed by atoms with E-state index in [-0.39, 0.29) is 16.4 Å². The minimum atomic E-state index is -0.938. The number of anilines is 1. The van der Waals surface area contributed by atoms with E-state index in [2.05, 4.69) is 10.3 Å². The third kappa shape index (κ3) is 3.65. The first-order valence-corrected chi connectivity index (χ1v) is 8.03. The van der Waals surface area contributed by atoms with Gasteiger partial charge in [0.1, 0.15) is 17.2 Å². The standard InChI is InChI=1S/C18H12ClF2N3O3/c1-9-2-3-10(6-15(9)21)23-16(25)12-8-22-18(27)24(17(12)26)11-4-5-14(20)13(19)7-11/h2-8H,1H3,(H,22,27)(H,23,25). The highest BCUT2D eigenvalue weighted by molar-refractivity contribution is 6.30. The molecule has 0 saturated heterocycles. The van der Waals surface area contributed by atoms with Crippen LogP contribution >= 0.6 is 11.6 Å². The summed E-state index contributed by atoms with van der Waals surface area (Å²) < 4.78 is 27.6. The molecule has 0 radical (unpaired) electrons. The minimum absolute atomic E-state index is 0.0105. The maximum Gasteiger partial charge on any atom is 0.333 e. The molecule has 2 N–H and O–H groups in total. The van der Waals surface area contributed by atoms with Gasteiger partial charge in [-0.2, -0.15) is 0 Å². The van der Waals surface area contributed by atoms with E-state index in [4.69, 9.17) is 11.6 Å². The van der Waals surface area contributed by atoms with Crippen molar-refractivity contribution in [2.75, 3.05) is 5.32 Å². The van der Waals surface area contributed by atoms with Crippen LogP contribution in [-0.2, 0) is 0 Å². The zero-order valence-electron chi connectivity index (χ0n) is 13.8. The number of aromatic nitrogens is 2. The topological polar surface area (TPSA) is 84.0 Å². The van der Waals surface area contributed by atoms with Crippen molar-refractivity contribution in [3.05, 3.63) is 91.2 Å². The maximum atomic E-state index is 13.6. The van der Waals surface area contributed by atoms with Gasteiger partial charge in [0.05, 0.1) is 10.7 Å². The van der Waals surface area contributed by atoms with Crippen LogP contribution in [0.15, 0.2) is 52.2 Å². The number of carbonyl (C=O) groups is 1. The monoisotopic (exact) mass is 391 g/mol. The first kappa shape index (κ1) is 18.5. The Balaban J connectivity index is 2.03. The molecule has 6 nitrogen and oxygen atoms in total. The second-order valence-electron chi connectivity index (χ2n) is 5.66. The Morgan fingerprint density at radius 2 is 1.85 bits per heavy atom. The lowest BCUT2D eigenvalue weighted by molar-refractivity contribution is 0.102. The lowest BCUT2D eigenvalue weighted by Crippen LogP contribution is -2.38. The van der Waals surface area contributed by atoms with Crippen molar-refractivity contribution in [2.24, 2.45) is 0 Å². The second kappa shape index (κ2) is 7.16. The molecule has 0 aliphatic carbocycles. The molecule has 2 aromatic carbocycles. The van der Waals surface area contributed by atoms with Crippen molar-refractivity contribution in [1.29, 1.82) is 0 Å².